The molecule has 3 atom stereocenters. The molecule has 0 aliphatic heterocycles. The smallest absolute Gasteiger partial charge is 0.331 e. The van der Waals surface area contributed by atoms with E-state index in [-0.39, 0.29) is 18.2 Å². The van der Waals surface area contributed by atoms with Crippen LogP contribution < -0.4 is 16.0 Å². The lowest BCUT2D eigenvalue weighted by molar-refractivity contribution is -0.159. The zero-order valence-electron chi connectivity index (χ0n) is 20.3. The molecule has 0 aliphatic rings. The number of nitrogens with one attached hydrogen (secondary N) is 3. The van der Waals surface area contributed by atoms with Crippen LogP contribution in [0.1, 0.15) is 53.5 Å². The van der Waals surface area contributed by atoms with Gasteiger partial charge in [0.15, 0.2) is 6.04 Å². The van der Waals surface area contributed by atoms with Crippen molar-refractivity contribution in [1.29, 1.82) is 0 Å². The third-order valence-corrected chi connectivity index (χ3v) is 4.51. The molecule has 9 heteroatoms. The number of esters is 1. The molecule has 0 aromatic heterocycles. The number of rotatable bonds is 11. The van der Waals surface area contributed by atoms with Crippen molar-refractivity contribution in [2.45, 2.75) is 78.1 Å². The number of hydrogen-bond donors (Lipinski definition) is 4. The minimum Gasteiger partial charge on any atom is -0.458 e. The highest BCUT2D eigenvalue weighted by Gasteiger charge is 2.29. The molecule has 0 fully saturated rings. The van der Waals surface area contributed by atoms with Crippen molar-refractivity contribution in [2.24, 2.45) is 5.92 Å². The molecule has 0 bridgehead atoms. The summed E-state index contributed by atoms with van der Waals surface area (Å²) in [6, 6.07) is 6.08. The van der Waals surface area contributed by atoms with Crippen LogP contribution in [0.15, 0.2) is 30.3 Å². The fourth-order valence-corrected chi connectivity index (χ4v) is 2.96. The first-order valence-corrected chi connectivity index (χ1v) is 11.1. The molecule has 0 saturated heterocycles. The maximum Gasteiger partial charge on any atom is 0.331 e. The number of benzene rings is 1. The maximum atomic E-state index is 12.8. The highest BCUT2D eigenvalue weighted by Crippen LogP contribution is 2.09. The molecule has 3 amide bonds. The lowest BCUT2D eigenvalue weighted by Gasteiger charge is -2.25. The number of aliphatic hydroxyl groups excluding tert-OH is 1. The summed E-state index contributed by atoms with van der Waals surface area (Å²) in [5.41, 5.74) is 0.0421. The Bertz CT molecular complexity index is 804. The van der Waals surface area contributed by atoms with Gasteiger partial charge in [0.25, 0.3) is 0 Å². The van der Waals surface area contributed by atoms with Gasteiger partial charge in [0, 0.05) is 0 Å². The van der Waals surface area contributed by atoms with Crippen LogP contribution >= 0.6 is 0 Å². The van der Waals surface area contributed by atoms with Crippen LogP contribution in [-0.2, 0) is 30.3 Å². The molecule has 33 heavy (non-hydrogen) atoms. The molecule has 184 valence electrons. The summed E-state index contributed by atoms with van der Waals surface area (Å²) in [4.78, 5) is 49.9. The van der Waals surface area contributed by atoms with Crippen molar-refractivity contribution >= 4 is 23.7 Å². The van der Waals surface area contributed by atoms with Crippen LogP contribution in [0.4, 0.5) is 0 Å². The Labute approximate surface area is 195 Å². The summed E-state index contributed by atoms with van der Waals surface area (Å²) in [5.74, 6) is -2.13. The topological polar surface area (TPSA) is 134 Å². The van der Waals surface area contributed by atoms with Crippen LogP contribution in [0.25, 0.3) is 0 Å². The SMILES string of the molecule is CC(C)C[C@H](NC(=O)Cc1ccccc1)C(=O)N[C@@H](C)C(=O)N[C@@H](CO)C(=O)OC(C)(C)C. The summed E-state index contributed by atoms with van der Waals surface area (Å²) < 4.78 is 5.18. The van der Waals surface area contributed by atoms with Gasteiger partial charge in [-0.05, 0) is 45.6 Å². The number of ether oxygens (including phenoxy) is 1. The molecule has 0 saturated carbocycles. The van der Waals surface area contributed by atoms with Gasteiger partial charge in [-0.1, -0.05) is 44.2 Å². The summed E-state index contributed by atoms with van der Waals surface area (Å²) >= 11 is 0. The average molecular weight is 464 g/mol. The molecular weight excluding hydrogens is 426 g/mol. The van der Waals surface area contributed by atoms with E-state index >= 15 is 0 Å². The van der Waals surface area contributed by atoms with E-state index < -0.39 is 48.1 Å². The van der Waals surface area contributed by atoms with Gasteiger partial charge in [-0.2, -0.15) is 0 Å². The Morgan fingerprint density at radius 3 is 2.03 bits per heavy atom. The van der Waals surface area contributed by atoms with Crippen LogP contribution in [0.2, 0.25) is 0 Å². The zero-order chi connectivity index (χ0) is 25.2. The standard InChI is InChI=1S/C24H37N3O6/c1-15(2)12-18(26-20(29)13-17-10-8-7-9-11-17)22(31)25-16(3)21(30)27-19(14-28)23(32)33-24(4,5)6/h7-11,15-16,18-19,28H,12-14H2,1-6H3,(H,25,31)(H,26,29)(H,27,30)/t16-,18-,19-/m0/s1. The van der Waals surface area contributed by atoms with Crippen LogP contribution in [0, 0.1) is 5.92 Å². The highest BCUT2D eigenvalue weighted by atomic mass is 16.6. The molecule has 0 unspecified atom stereocenters. The van der Waals surface area contributed by atoms with Gasteiger partial charge in [0.05, 0.1) is 13.0 Å². The lowest BCUT2D eigenvalue weighted by atomic mass is 10.0. The fourth-order valence-electron chi connectivity index (χ4n) is 2.96. The largest absolute Gasteiger partial charge is 0.458 e. The first-order valence-electron chi connectivity index (χ1n) is 11.1. The van der Waals surface area contributed by atoms with Gasteiger partial charge in [-0.3, -0.25) is 14.4 Å². The Hall–Kier alpha value is -2.94. The molecule has 0 heterocycles. The van der Waals surface area contributed by atoms with Crippen molar-refractivity contribution in [3.8, 4) is 0 Å². The van der Waals surface area contributed by atoms with Crippen molar-refractivity contribution in [3.63, 3.8) is 0 Å². The third-order valence-electron chi connectivity index (χ3n) is 4.51. The van der Waals surface area contributed by atoms with Gasteiger partial charge in [-0.25, -0.2) is 4.79 Å². The minimum absolute atomic E-state index is 0.118. The second-order valence-electron chi connectivity index (χ2n) is 9.42. The van der Waals surface area contributed by atoms with Crippen molar-refractivity contribution in [1.82, 2.24) is 16.0 Å². The van der Waals surface area contributed by atoms with E-state index in [9.17, 15) is 24.3 Å². The summed E-state index contributed by atoms with van der Waals surface area (Å²) in [6.45, 7) is 9.67. The molecule has 4 N–H and O–H groups in total. The van der Waals surface area contributed by atoms with Gasteiger partial charge in [0.2, 0.25) is 17.7 Å². The first-order chi connectivity index (χ1) is 15.3. The van der Waals surface area contributed by atoms with Gasteiger partial charge in [0.1, 0.15) is 17.7 Å². The molecule has 9 nitrogen and oxygen atoms in total. The average Bonchev–Trinajstić information content (AvgIpc) is 2.70. The molecular formula is C24H37N3O6. The lowest BCUT2D eigenvalue weighted by Crippen LogP contribution is -2.56. The second kappa shape index (κ2) is 12.9. The summed E-state index contributed by atoms with van der Waals surface area (Å²) in [5, 5.41) is 17.2. The summed E-state index contributed by atoms with van der Waals surface area (Å²) in [6.07, 6.45) is 0.519. The number of aliphatic hydroxyl groups is 1. The predicted molar refractivity (Wildman–Crippen MR) is 124 cm³/mol. The number of hydrogen-bond acceptors (Lipinski definition) is 6. The quantitative estimate of drug-likeness (QED) is 0.363. The number of amides is 3. The van der Waals surface area contributed by atoms with E-state index in [1.807, 2.05) is 44.2 Å². The Morgan fingerprint density at radius 1 is 0.909 bits per heavy atom. The molecule has 1 aromatic rings. The van der Waals surface area contributed by atoms with Crippen LogP contribution in [0.3, 0.4) is 0 Å². The van der Waals surface area contributed by atoms with E-state index in [4.69, 9.17) is 4.74 Å². The normalized spacial score (nSPS) is 14.1. The van der Waals surface area contributed by atoms with E-state index in [2.05, 4.69) is 16.0 Å². The van der Waals surface area contributed by atoms with E-state index in [1.165, 1.54) is 6.92 Å². The molecule has 1 aromatic carbocycles. The summed E-state index contributed by atoms with van der Waals surface area (Å²) in [7, 11) is 0. The highest BCUT2D eigenvalue weighted by molar-refractivity contribution is 5.93. The Morgan fingerprint density at radius 2 is 1.52 bits per heavy atom. The monoisotopic (exact) mass is 463 g/mol. The van der Waals surface area contributed by atoms with Gasteiger partial charge >= 0.3 is 5.97 Å². The number of carbonyl (C=O) groups excluding carboxylic acids is 4. The second-order valence-corrected chi connectivity index (χ2v) is 9.42. The van der Waals surface area contributed by atoms with Gasteiger partial charge in [-0.15, -0.1) is 0 Å². The van der Waals surface area contributed by atoms with Crippen LogP contribution in [0.5, 0.6) is 0 Å². The Balaban J connectivity index is 2.73. The fraction of sp³-hybridized carbons (Fsp3) is 0.583. The van der Waals surface area contributed by atoms with E-state index in [0.717, 1.165) is 5.56 Å². The minimum atomic E-state index is -1.26. The molecule has 0 aliphatic carbocycles. The maximum absolute atomic E-state index is 12.8. The van der Waals surface area contributed by atoms with E-state index in [1.54, 1.807) is 20.8 Å². The molecule has 1 rings (SSSR count). The molecule has 0 radical (unpaired) electrons. The van der Waals surface area contributed by atoms with Crippen molar-refractivity contribution < 1.29 is 29.0 Å². The van der Waals surface area contributed by atoms with Gasteiger partial charge < -0.3 is 25.8 Å². The Kier molecular flexibility index (Phi) is 11.0. The van der Waals surface area contributed by atoms with Crippen molar-refractivity contribution in [2.75, 3.05) is 6.61 Å². The third kappa shape index (κ3) is 11.0. The zero-order valence-corrected chi connectivity index (χ0v) is 20.3. The van der Waals surface area contributed by atoms with E-state index in [0.29, 0.717) is 6.42 Å². The number of carbonyl (C=O) groups is 4. The first kappa shape index (κ1) is 28.1. The molecule has 0 spiro atoms. The van der Waals surface area contributed by atoms with Crippen molar-refractivity contribution in [3.05, 3.63) is 35.9 Å². The van der Waals surface area contributed by atoms with Crippen LogP contribution in [-0.4, -0.2) is 59.1 Å². The predicted octanol–water partition coefficient (Wildman–Crippen LogP) is 1.08.